The Bertz CT molecular complexity index is 1370. The molecule has 0 bridgehead atoms. The van der Waals surface area contributed by atoms with E-state index >= 15 is 0 Å². The number of hydrogen-bond acceptors (Lipinski definition) is 6. The van der Waals surface area contributed by atoms with Gasteiger partial charge in [0.05, 0.1) is 28.6 Å². The summed E-state index contributed by atoms with van der Waals surface area (Å²) in [6.45, 7) is 0. The molecule has 0 aliphatic heterocycles. The fraction of sp³-hybridized carbons (Fsp3) is 0.0833. The summed E-state index contributed by atoms with van der Waals surface area (Å²) in [6, 6.07) is 22.4. The number of amides is 1. The van der Waals surface area contributed by atoms with Crippen molar-refractivity contribution >= 4 is 62.5 Å². The number of nitrogens with one attached hydrogen (secondary N) is 1. The molecule has 4 rings (SSSR count). The predicted molar refractivity (Wildman–Crippen MR) is 140 cm³/mol. The van der Waals surface area contributed by atoms with Crippen molar-refractivity contribution in [3.63, 3.8) is 0 Å². The van der Waals surface area contributed by atoms with Gasteiger partial charge in [0.15, 0.2) is 5.16 Å². The van der Waals surface area contributed by atoms with Crippen molar-refractivity contribution in [2.24, 2.45) is 5.10 Å². The lowest BCUT2D eigenvalue weighted by atomic mass is 10.2. The lowest BCUT2D eigenvalue weighted by Gasteiger charge is -2.13. The highest BCUT2D eigenvalue weighted by Crippen LogP contribution is 2.22. The number of benzene rings is 3. The maximum Gasteiger partial charge on any atom is 0.266 e. The molecule has 0 saturated carbocycles. The van der Waals surface area contributed by atoms with Gasteiger partial charge in [0.25, 0.3) is 11.5 Å². The van der Waals surface area contributed by atoms with Crippen molar-refractivity contribution in [1.29, 1.82) is 0 Å². The van der Waals surface area contributed by atoms with Gasteiger partial charge in [-0.05, 0) is 60.4 Å². The number of halogens is 1. The smallest absolute Gasteiger partial charge is 0.266 e. The van der Waals surface area contributed by atoms with Gasteiger partial charge in [-0.2, -0.15) is 5.10 Å². The second-order valence-electron chi connectivity index (χ2n) is 6.88. The summed E-state index contributed by atoms with van der Waals surface area (Å²) in [6.07, 6.45) is 3.61. The van der Waals surface area contributed by atoms with E-state index in [1.807, 2.05) is 66.9 Å². The van der Waals surface area contributed by atoms with Crippen LogP contribution < -0.4 is 11.0 Å². The third kappa shape index (κ3) is 5.73. The quantitative estimate of drug-likeness (QED) is 0.153. The number of para-hydroxylation sites is 1. The first-order valence-electron chi connectivity index (χ1n) is 9.91. The minimum atomic E-state index is -0.290. The maximum absolute atomic E-state index is 13.2. The second-order valence-corrected chi connectivity index (χ2v) is 9.62. The van der Waals surface area contributed by atoms with Gasteiger partial charge in [0.2, 0.25) is 0 Å². The van der Waals surface area contributed by atoms with Crippen LogP contribution in [0.3, 0.4) is 0 Å². The van der Waals surface area contributed by atoms with E-state index in [0.717, 1.165) is 14.9 Å². The van der Waals surface area contributed by atoms with Crippen LogP contribution in [0.15, 0.2) is 97.2 Å². The fourth-order valence-corrected chi connectivity index (χ4v) is 4.54. The second kappa shape index (κ2) is 10.8. The fourth-order valence-electron chi connectivity index (χ4n) is 3.06. The molecule has 3 aromatic carbocycles. The highest BCUT2D eigenvalue weighted by molar-refractivity contribution is 9.10. The van der Waals surface area contributed by atoms with Crippen LogP contribution in [0.2, 0.25) is 0 Å². The summed E-state index contributed by atoms with van der Waals surface area (Å²) >= 11 is 6.27. The lowest BCUT2D eigenvalue weighted by molar-refractivity contribution is -0.118. The Hall–Kier alpha value is -2.88. The molecule has 1 amide bonds. The van der Waals surface area contributed by atoms with Crippen LogP contribution >= 0.6 is 39.5 Å². The van der Waals surface area contributed by atoms with Gasteiger partial charge in [0.1, 0.15) is 0 Å². The number of fused-ring (bicyclic) bond motifs is 1. The molecule has 0 radical (unpaired) electrons. The third-order valence-corrected chi connectivity index (χ3v) is 6.89. The van der Waals surface area contributed by atoms with E-state index in [-0.39, 0.29) is 17.2 Å². The van der Waals surface area contributed by atoms with E-state index in [0.29, 0.717) is 21.7 Å². The molecule has 33 heavy (non-hydrogen) atoms. The van der Waals surface area contributed by atoms with Crippen molar-refractivity contribution < 1.29 is 4.79 Å². The Labute approximate surface area is 207 Å². The summed E-state index contributed by atoms with van der Waals surface area (Å²) in [5, 5.41) is 4.99. The van der Waals surface area contributed by atoms with Gasteiger partial charge in [0, 0.05) is 9.37 Å². The Morgan fingerprint density at radius 2 is 1.82 bits per heavy atom. The summed E-state index contributed by atoms with van der Waals surface area (Å²) < 4.78 is 2.44. The molecule has 9 heteroatoms. The highest BCUT2D eigenvalue weighted by atomic mass is 79.9. The third-order valence-electron chi connectivity index (χ3n) is 4.68. The summed E-state index contributed by atoms with van der Waals surface area (Å²) in [7, 11) is 0. The van der Waals surface area contributed by atoms with Crippen molar-refractivity contribution in [3.05, 3.63) is 93.2 Å². The topological polar surface area (TPSA) is 76.3 Å². The first kappa shape index (κ1) is 23.3. The molecule has 1 aromatic heterocycles. The van der Waals surface area contributed by atoms with Gasteiger partial charge in [-0.15, -0.1) is 11.8 Å². The SMILES string of the molecule is CSc1ccc(C=NNC(=O)CSc2nc3ccccc3c(=O)n2-c2ccc(Br)cc2)cc1. The molecule has 0 atom stereocenters. The maximum atomic E-state index is 13.2. The van der Waals surface area contributed by atoms with Crippen LogP contribution in [-0.4, -0.2) is 33.7 Å². The van der Waals surface area contributed by atoms with Crippen molar-refractivity contribution in [1.82, 2.24) is 15.0 Å². The Balaban J connectivity index is 1.53. The van der Waals surface area contributed by atoms with Crippen LogP contribution in [0.25, 0.3) is 16.6 Å². The van der Waals surface area contributed by atoms with E-state index < -0.39 is 0 Å². The zero-order valence-electron chi connectivity index (χ0n) is 17.6. The van der Waals surface area contributed by atoms with Crippen LogP contribution in [0.5, 0.6) is 0 Å². The number of rotatable bonds is 7. The summed E-state index contributed by atoms with van der Waals surface area (Å²) in [4.78, 5) is 31.4. The Kier molecular flexibility index (Phi) is 7.64. The average Bonchev–Trinajstić information content (AvgIpc) is 2.84. The number of carbonyl (C=O) groups excluding carboxylic acids is 1. The molecule has 166 valence electrons. The summed E-state index contributed by atoms with van der Waals surface area (Å²) in [5.41, 5.74) is 4.50. The molecule has 0 unspecified atom stereocenters. The molecule has 0 spiro atoms. The number of hydrazone groups is 1. The lowest BCUT2D eigenvalue weighted by Crippen LogP contribution is -2.24. The molecule has 6 nitrogen and oxygen atoms in total. The van der Waals surface area contributed by atoms with Crippen molar-refractivity contribution in [2.75, 3.05) is 12.0 Å². The molecule has 4 aromatic rings. The van der Waals surface area contributed by atoms with E-state index in [1.165, 1.54) is 16.3 Å². The van der Waals surface area contributed by atoms with Crippen LogP contribution in [0, 0.1) is 0 Å². The van der Waals surface area contributed by atoms with E-state index in [1.54, 1.807) is 30.1 Å². The van der Waals surface area contributed by atoms with Gasteiger partial charge < -0.3 is 0 Å². The van der Waals surface area contributed by atoms with Crippen LogP contribution in [-0.2, 0) is 4.79 Å². The first-order chi connectivity index (χ1) is 16.0. The highest BCUT2D eigenvalue weighted by Gasteiger charge is 2.14. The molecule has 0 aliphatic carbocycles. The zero-order chi connectivity index (χ0) is 23.2. The first-order valence-corrected chi connectivity index (χ1v) is 12.9. The van der Waals surface area contributed by atoms with Crippen molar-refractivity contribution in [2.45, 2.75) is 10.1 Å². The molecule has 1 heterocycles. The van der Waals surface area contributed by atoms with Crippen LogP contribution in [0.1, 0.15) is 5.56 Å². The largest absolute Gasteiger partial charge is 0.272 e. The number of nitrogens with zero attached hydrogens (tertiary/aromatic N) is 3. The summed E-state index contributed by atoms with van der Waals surface area (Å²) in [5.74, 6) is -0.230. The van der Waals surface area contributed by atoms with E-state index in [2.05, 4.69) is 31.4 Å². The zero-order valence-corrected chi connectivity index (χ0v) is 20.8. The van der Waals surface area contributed by atoms with Crippen LogP contribution in [0.4, 0.5) is 0 Å². The van der Waals surface area contributed by atoms with Gasteiger partial charge in [-0.25, -0.2) is 10.4 Å². The molecule has 0 fully saturated rings. The van der Waals surface area contributed by atoms with Crippen molar-refractivity contribution in [3.8, 4) is 5.69 Å². The minimum Gasteiger partial charge on any atom is -0.272 e. The van der Waals surface area contributed by atoms with E-state index in [9.17, 15) is 9.59 Å². The number of thioether (sulfide) groups is 2. The molecule has 1 N–H and O–H groups in total. The van der Waals surface area contributed by atoms with E-state index in [4.69, 9.17) is 0 Å². The van der Waals surface area contributed by atoms with Gasteiger partial charge in [-0.3, -0.25) is 14.2 Å². The Morgan fingerprint density at radius 3 is 2.55 bits per heavy atom. The monoisotopic (exact) mass is 538 g/mol. The molecule has 0 aliphatic rings. The predicted octanol–water partition coefficient (Wildman–Crippen LogP) is 5.11. The number of carbonyl (C=O) groups is 1. The minimum absolute atomic E-state index is 0.0596. The number of aromatic nitrogens is 2. The van der Waals surface area contributed by atoms with Gasteiger partial charge >= 0.3 is 0 Å². The number of hydrogen-bond donors (Lipinski definition) is 1. The standard InChI is InChI=1S/C24H19BrN4O2S2/c1-32-19-12-6-16(7-13-19)14-26-28-22(30)15-33-24-27-21-5-3-2-4-20(21)23(31)29(24)18-10-8-17(25)9-11-18/h2-14H,15H2,1H3,(H,28,30). The normalized spacial score (nSPS) is 11.2. The molecular weight excluding hydrogens is 520 g/mol. The molecular formula is C24H19BrN4O2S2. The molecule has 0 saturated heterocycles. The Morgan fingerprint density at radius 1 is 1.09 bits per heavy atom. The van der Waals surface area contributed by atoms with Gasteiger partial charge in [-0.1, -0.05) is 52.0 Å². The average molecular weight is 539 g/mol.